The maximum Gasteiger partial charge on any atom is 0.170 e. The summed E-state index contributed by atoms with van der Waals surface area (Å²) in [5, 5.41) is 11.9. The Kier molecular flexibility index (Phi) is 5.44. The fourth-order valence-electron chi connectivity index (χ4n) is 3.11. The highest BCUT2D eigenvalue weighted by Gasteiger charge is 2.18. The smallest absolute Gasteiger partial charge is 0.170 e. The van der Waals surface area contributed by atoms with E-state index in [4.69, 9.17) is 15.7 Å². The minimum atomic E-state index is 0.123. The Balaban J connectivity index is 2.08. The Morgan fingerprint density at radius 1 is 1.43 bits per heavy atom. The quantitative estimate of drug-likeness (QED) is 0.365. The summed E-state index contributed by atoms with van der Waals surface area (Å²) in [6.07, 6.45) is 5.40. The monoisotopic (exact) mass is 291 g/mol. The van der Waals surface area contributed by atoms with Crippen molar-refractivity contribution in [1.29, 1.82) is 0 Å². The third-order valence-electron chi connectivity index (χ3n) is 4.17. The summed E-state index contributed by atoms with van der Waals surface area (Å²) in [5.41, 5.74) is 7.43. The largest absolute Gasteiger partial charge is 0.496 e. The highest BCUT2D eigenvalue weighted by molar-refractivity contribution is 5.97. The Labute approximate surface area is 126 Å². The van der Waals surface area contributed by atoms with Gasteiger partial charge >= 0.3 is 0 Å². The Morgan fingerprint density at radius 3 is 2.76 bits per heavy atom. The van der Waals surface area contributed by atoms with Crippen molar-refractivity contribution in [3.8, 4) is 5.75 Å². The molecule has 1 fully saturated rings. The number of methoxy groups -OCH3 is 1. The number of ether oxygens (including phenoxy) is 1. The molecule has 116 valence electrons. The first kappa shape index (κ1) is 15.6. The summed E-state index contributed by atoms with van der Waals surface area (Å²) in [5.74, 6) is 1.77. The van der Waals surface area contributed by atoms with E-state index >= 15 is 0 Å². The number of rotatable bonds is 6. The number of nitrogens with two attached hydrogens (primary N) is 1. The molecule has 1 aromatic carbocycles. The second-order valence-corrected chi connectivity index (χ2v) is 5.86. The van der Waals surface area contributed by atoms with E-state index in [1.807, 2.05) is 12.1 Å². The second kappa shape index (κ2) is 7.31. The van der Waals surface area contributed by atoms with Crippen LogP contribution in [0.2, 0.25) is 0 Å². The predicted octanol–water partition coefficient (Wildman–Crippen LogP) is 2.41. The topological polar surface area (TPSA) is 71.1 Å². The first-order valence-corrected chi connectivity index (χ1v) is 7.47. The Hall–Kier alpha value is -1.75. The molecule has 3 N–H and O–H groups in total. The van der Waals surface area contributed by atoms with Crippen LogP contribution < -0.4 is 10.5 Å². The van der Waals surface area contributed by atoms with E-state index in [0.29, 0.717) is 5.56 Å². The fourth-order valence-corrected chi connectivity index (χ4v) is 3.11. The van der Waals surface area contributed by atoms with Gasteiger partial charge in [-0.05, 0) is 44.0 Å². The first-order chi connectivity index (χ1) is 10.1. The summed E-state index contributed by atoms with van der Waals surface area (Å²) in [6, 6.07) is 5.60. The molecule has 0 spiro atoms. The highest BCUT2D eigenvalue weighted by Crippen LogP contribution is 2.27. The summed E-state index contributed by atoms with van der Waals surface area (Å²) >= 11 is 0. The van der Waals surface area contributed by atoms with Crippen LogP contribution in [0.3, 0.4) is 0 Å². The number of hydrogen-bond donors (Lipinski definition) is 2. The molecule has 21 heavy (non-hydrogen) atoms. The van der Waals surface area contributed by atoms with Gasteiger partial charge in [0.05, 0.1) is 7.11 Å². The molecular weight excluding hydrogens is 266 g/mol. The third-order valence-corrected chi connectivity index (χ3v) is 4.17. The van der Waals surface area contributed by atoms with Crippen LogP contribution in [0.25, 0.3) is 0 Å². The fraction of sp³-hybridized carbons (Fsp3) is 0.562. The summed E-state index contributed by atoms with van der Waals surface area (Å²) in [7, 11) is 3.80. The molecule has 1 saturated carbocycles. The molecule has 0 aliphatic heterocycles. The van der Waals surface area contributed by atoms with Gasteiger partial charge in [-0.25, -0.2) is 0 Å². The van der Waals surface area contributed by atoms with Gasteiger partial charge in [-0.3, -0.25) is 0 Å². The summed E-state index contributed by atoms with van der Waals surface area (Å²) < 4.78 is 5.41. The molecule has 5 heteroatoms. The molecule has 1 aliphatic rings. The number of amidine groups is 1. The van der Waals surface area contributed by atoms with E-state index in [2.05, 4.69) is 17.1 Å². The van der Waals surface area contributed by atoms with E-state index in [-0.39, 0.29) is 5.84 Å². The lowest BCUT2D eigenvalue weighted by atomic mass is 10.1. The van der Waals surface area contributed by atoms with Gasteiger partial charge in [0.1, 0.15) is 5.75 Å². The Morgan fingerprint density at radius 2 is 2.14 bits per heavy atom. The molecule has 0 radical (unpaired) electrons. The third kappa shape index (κ3) is 4.11. The van der Waals surface area contributed by atoms with Crippen molar-refractivity contribution in [2.45, 2.75) is 32.2 Å². The lowest BCUT2D eigenvalue weighted by molar-refractivity contribution is 0.267. The first-order valence-electron chi connectivity index (χ1n) is 7.47. The SMILES string of the molecule is COc1ccc(/C(N)=N/O)cc1CN(C)CC1CCCC1. The molecule has 0 aromatic heterocycles. The van der Waals surface area contributed by atoms with Gasteiger partial charge in [-0.2, -0.15) is 0 Å². The highest BCUT2D eigenvalue weighted by atomic mass is 16.5. The molecular formula is C16H25N3O2. The van der Waals surface area contributed by atoms with Crippen LogP contribution in [0.4, 0.5) is 0 Å². The zero-order valence-corrected chi connectivity index (χ0v) is 12.9. The molecule has 0 bridgehead atoms. The van der Waals surface area contributed by atoms with Crippen molar-refractivity contribution in [1.82, 2.24) is 4.90 Å². The van der Waals surface area contributed by atoms with E-state index in [1.165, 1.54) is 25.7 Å². The number of oxime groups is 1. The van der Waals surface area contributed by atoms with Gasteiger partial charge < -0.3 is 20.6 Å². The average Bonchev–Trinajstić information content (AvgIpc) is 2.99. The number of nitrogens with zero attached hydrogens (tertiary/aromatic N) is 2. The maximum atomic E-state index is 8.80. The maximum absolute atomic E-state index is 8.80. The summed E-state index contributed by atoms with van der Waals surface area (Å²) in [4.78, 5) is 2.32. The van der Waals surface area contributed by atoms with Gasteiger partial charge in [0.25, 0.3) is 0 Å². The lowest BCUT2D eigenvalue weighted by Crippen LogP contribution is -2.24. The summed E-state index contributed by atoms with van der Waals surface area (Å²) in [6.45, 7) is 1.91. The van der Waals surface area contributed by atoms with Crippen molar-refractivity contribution >= 4 is 5.84 Å². The molecule has 1 aromatic rings. The molecule has 1 aliphatic carbocycles. The van der Waals surface area contributed by atoms with E-state index in [1.54, 1.807) is 13.2 Å². The minimum Gasteiger partial charge on any atom is -0.496 e. The molecule has 0 amide bonds. The van der Waals surface area contributed by atoms with Crippen LogP contribution in [0.5, 0.6) is 5.75 Å². The molecule has 0 saturated heterocycles. The van der Waals surface area contributed by atoms with Crippen molar-refractivity contribution in [3.05, 3.63) is 29.3 Å². The van der Waals surface area contributed by atoms with E-state index in [9.17, 15) is 0 Å². The van der Waals surface area contributed by atoms with Gasteiger partial charge in [0, 0.05) is 24.2 Å². The molecule has 0 atom stereocenters. The zero-order chi connectivity index (χ0) is 15.2. The van der Waals surface area contributed by atoms with Crippen LogP contribution >= 0.6 is 0 Å². The standard InChI is InChI=1S/C16H25N3O2/c1-19(10-12-5-3-4-6-12)11-14-9-13(16(17)18-20)7-8-15(14)21-2/h7-9,12,20H,3-6,10-11H2,1-2H3,(H2,17,18). The van der Waals surface area contributed by atoms with Gasteiger partial charge in [0.2, 0.25) is 0 Å². The predicted molar refractivity (Wildman–Crippen MR) is 83.8 cm³/mol. The van der Waals surface area contributed by atoms with Crippen molar-refractivity contribution < 1.29 is 9.94 Å². The van der Waals surface area contributed by atoms with E-state index < -0.39 is 0 Å². The van der Waals surface area contributed by atoms with Crippen molar-refractivity contribution in [3.63, 3.8) is 0 Å². The lowest BCUT2D eigenvalue weighted by Gasteiger charge is -2.22. The van der Waals surface area contributed by atoms with Gasteiger partial charge in [0.15, 0.2) is 5.84 Å². The molecule has 0 unspecified atom stereocenters. The molecule has 2 rings (SSSR count). The van der Waals surface area contributed by atoms with Crippen LogP contribution in [0.15, 0.2) is 23.4 Å². The van der Waals surface area contributed by atoms with Gasteiger partial charge in [-0.15, -0.1) is 0 Å². The minimum absolute atomic E-state index is 0.123. The van der Waals surface area contributed by atoms with Crippen LogP contribution in [0, 0.1) is 5.92 Å². The second-order valence-electron chi connectivity index (χ2n) is 5.86. The molecule has 0 heterocycles. The van der Waals surface area contributed by atoms with Crippen molar-refractivity contribution in [2.75, 3.05) is 20.7 Å². The van der Waals surface area contributed by atoms with E-state index in [0.717, 1.165) is 30.3 Å². The average molecular weight is 291 g/mol. The normalized spacial score (nSPS) is 16.6. The Bertz CT molecular complexity index is 496. The van der Waals surface area contributed by atoms with Crippen LogP contribution in [0.1, 0.15) is 36.8 Å². The van der Waals surface area contributed by atoms with Crippen LogP contribution in [-0.2, 0) is 6.54 Å². The zero-order valence-electron chi connectivity index (χ0n) is 12.9. The van der Waals surface area contributed by atoms with Crippen molar-refractivity contribution in [2.24, 2.45) is 16.8 Å². The van der Waals surface area contributed by atoms with Gasteiger partial charge in [-0.1, -0.05) is 18.0 Å². The molecule has 5 nitrogen and oxygen atoms in total. The number of benzene rings is 1. The van der Waals surface area contributed by atoms with Crippen LogP contribution in [-0.4, -0.2) is 36.6 Å². The number of hydrogen-bond acceptors (Lipinski definition) is 4.